The van der Waals surface area contributed by atoms with Crippen LogP contribution >= 0.6 is 23.2 Å². The van der Waals surface area contributed by atoms with Gasteiger partial charge in [-0.2, -0.15) is 9.78 Å². The Morgan fingerprint density at radius 1 is 1.30 bits per heavy atom. The van der Waals surface area contributed by atoms with Gasteiger partial charge >= 0.3 is 0 Å². The van der Waals surface area contributed by atoms with Gasteiger partial charge in [0.15, 0.2) is 0 Å². The molecule has 5 nitrogen and oxygen atoms in total. The molecule has 0 saturated heterocycles. The molecule has 0 spiro atoms. The third-order valence-electron chi connectivity index (χ3n) is 5.79. The highest BCUT2D eigenvalue weighted by Gasteiger charge is 2.19. The van der Waals surface area contributed by atoms with Gasteiger partial charge in [-0.05, 0) is 55.5 Å². The highest BCUT2D eigenvalue weighted by Crippen LogP contribution is 2.40. The number of fused-ring (bicyclic) bond motifs is 1. The summed E-state index contributed by atoms with van der Waals surface area (Å²) in [7, 11) is 0. The lowest BCUT2D eigenvalue weighted by Gasteiger charge is -2.16. The van der Waals surface area contributed by atoms with Gasteiger partial charge in [0, 0.05) is 34.8 Å². The van der Waals surface area contributed by atoms with Gasteiger partial charge in [-0.3, -0.25) is 0 Å². The summed E-state index contributed by atoms with van der Waals surface area (Å²) in [5.74, 6) is 3.58. The summed E-state index contributed by atoms with van der Waals surface area (Å²) in [5.41, 5.74) is 4.40. The molecule has 37 heavy (non-hydrogen) atoms. The minimum Gasteiger partial charge on any atom is -0.491 e. The van der Waals surface area contributed by atoms with Crippen LogP contribution < -0.4 is 10.1 Å². The van der Waals surface area contributed by atoms with Crippen molar-refractivity contribution in [2.75, 3.05) is 11.9 Å². The lowest BCUT2D eigenvalue weighted by Crippen LogP contribution is -2.09. The molecule has 0 bridgehead atoms. The Labute approximate surface area is 227 Å². The van der Waals surface area contributed by atoms with Gasteiger partial charge in [0.25, 0.3) is 0 Å². The number of imidazole rings is 1. The van der Waals surface area contributed by atoms with Crippen LogP contribution in [0, 0.1) is 24.1 Å². The number of rotatable bonds is 9. The van der Waals surface area contributed by atoms with E-state index in [2.05, 4.69) is 22.4 Å². The molecule has 3 aromatic rings. The van der Waals surface area contributed by atoms with Crippen molar-refractivity contribution in [3.63, 3.8) is 0 Å². The second-order valence-corrected chi connectivity index (χ2v) is 10.2. The smallest absolute Gasteiger partial charge is 0.225 e. The summed E-state index contributed by atoms with van der Waals surface area (Å²) in [5, 5.41) is 8.74. The number of aryl methyl sites for hydroxylation is 1. The van der Waals surface area contributed by atoms with Crippen LogP contribution in [0.25, 0.3) is 17.2 Å². The van der Waals surface area contributed by atoms with Crippen LogP contribution in [0.1, 0.15) is 50.6 Å². The summed E-state index contributed by atoms with van der Waals surface area (Å²) in [6.45, 7) is 6.67. The average Bonchev–Trinajstić information content (AvgIpc) is 3.19. The van der Waals surface area contributed by atoms with Crippen molar-refractivity contribution in [2.24, 2.45) is 11.0 Å². The fourth-order valence-corrected chi connectivity index (χ4v) is 4.56. The Bertz CT molecular complexity index is 1400. The molecule has 0 amide bonds. The van der Waals surface area contributed by atoms with E-state index in [9.17, 15) is 0 Å². The second-order valence-electron chi connectivity index (χ2n) is 9.37. The molecule has 0 saturated carbocycles. The van der Waals surface area contributed by atoms with Crippen molar-refractivity contribution in [3.05, 3.63) is 69.2 Å². The van der Waals surface area contributed by atoms with Crippen LogP contribution in [0.4, 0.5) is 10.3 Å². The molecule has 8 heteroatoms. The van der Waals surface area contributed by atoms with Crippen LogP contribution in [-0.4, -0.2) is 22.0 Å². The van der Waals surface area contributed by atoms with Gasteiger partial charge in [0.2, 0.25) is 5.95 Å². The van der Waals surface area contributed by atoms with Crippen LogP contribution in [0.2, 0.25) is 10.0 Å². The Hall–Kier alpha value is -3.27. The van der Waals surface area contributed by atoms with Crippen LogP contribution in [-0.2, 0) is 13.0 Å². The number of nitrogens with one attached hydrogen (secondary N) is 1. The maximum Gasteiger partial charge on any atom is 0.225 e. The molecule has 1 N–H and O–H groups in total. The fourth-order valence-electron chi connectivity index (χ4n) is 4.01. The Balaban J connectivity index is 1.60. The first-order chi connectivity index (χ1) is 17.8. The first-order valence-electron chi connectivity index (χ1n) is 12.2. The van der Waals surface area contributed by atoms with Crippen molar-refractivity contribution in [2.45, 2.75) is 46.6 Å². The molecular formula is C29H29Cl2FN4O. The normalized spacial score (nSPS) is 13.0. The highest BCUT2D eigenvalue weighted by molar-refractivity contribution is 6.36. The zero-order chi connectivity index (χ0) is 26.5. The standard InChI is InChI=1S/C29H29Cl2FN4O/c1-5-8-19(4)35-36-27-10-7-6-9-26(27)34-29(36)33-16-21-12-11-20(13-25(21)32)23-14-22(30)15-24(31)28(23)37-17-18(2)3/h1,7,10-15,18H,6,8-9,16-17H2,2-4H3,(H,33,34)/b35-19+. The quantitative estimate of drug-likeness (QED) is 0.223. The summed E-state index contributed by atoms with van der Waals surface area (Å²) < 4.78 is 23.0. The molecule has 0 radical (unpaired) electrons. The molecule has 0 atom stereocenters. The lowest BCUT2D eigenvalue weighted by atomic mass is 10.0. The van der Waals surface area contributed by atoms with Crippen molar-refractivity contribution in [3.8, 4) is 29.2 Å². The first kappa shape index (κ1) is 26.8. The van der Waals surface area contributed by atoms with Crippen molar-refractivity contribution >= 4 is 40.9 Å². The van der Waals surface area contributed by atoms with E-state index in [1.165, 1.54) is 6.07 Å². The molecule has 0 fully saturated rings. The SMILES string of the molecule is C#CC/C(C)=N/n1c(NCc2ccc(-c3cc(Cl)cc(Cl)c3OCC(C)C)cc2F)nc2c1C=CCC2. The fraction of sp³-hybridized carbons (Fsp3) is 0.310. The molecule has 4 rings (SSSR count). The maximum atomic E-state index is 15.3. The zero-order valence-corrected chi connectivity index (χ0v) is 22.6. The van der Waals surface area contributed by atoms with Crippen molar-refractivity contribution < 1.29 is 9.13 Å². The molecule has 0 unspecified atom stereocenters. The van der Waals surface area contributed by atoms with Gasteiger partial charge < -0.3 is 10.1 Å². The summed E-state index contributed by atoms with van der Waals surface area (Å²) in [6, 6.07) is 8.40. The Kier molecular flexibility index (Phi) is 8.58. The number of nitrogens with zero attached hydrogens (tertiary/aromatic N) is 3. The number of anilines is 1. The third kappa shape index (κ3) is 6.36. The predicted molar refractivity (Wildman–Crippen MR) is 151 cm³/mol. The Morgan fingerprint density at radius 2 is 2.11 bits per heavy atom. The van der Waals surface area contributed by atoms with Gasteiger partial charge in [0.05, 0.1) is 23.0 Å². The Morgan fingerprint density at radius 3 is 2.84 bits per heavy atom. The van der Waals surface area contributed by atoms with Crippen molar-refractivity contribution in [1.29, 1.82) is 0 Å². The highest BCUT2D eigenvalue weighted by atomic mass is 35.5. The number of aromatic nitrogens is 2. The van der Waals surface area contributed by atoms with Crippen LogP contribution in [0.15, 0.2) is 41.5 Å². The minimum atomic E-state index is -0.370. The van der Waals surface area contributed by atoms with E-state index in [1.54, 1.807) is 22.9 Å². The molecule has 1 aliphatic carbocycles. The van der Waals surface area contributed by atoms with E-state index in [0.717, 1.165) is 29.9 Å². The summed E-state index contributed by atoms with van der Waals surface area (Å²) in [4.78, 5) is 4.71. The van der Waals surface area contributed by atoms with E-state index in [1.807, 2.05) is 32.9 Å². The number of allylic oxidation sites excluding steroid dienone is 1. The monoisotopic (exact) mass is 538 g/mol. The third-order valence-corrected chi connectivity index (χ3v) is 6.29. The summed E-state index contributed by atoms with van der Waals surface area (Å²) in [6.07, 6.45) is 11.7. The van der Waals surface area contributed by atoms with E-state index in [4.69, 9.17) is 39.3 Å². The van der Waals surface area contributed by atoms with Gasteiger partial charge in [-0.25, -0.2) is 9.37 Å². The topological polar surface area (TPSA) is 51.4 Å². The molecule has 0 aliphatic heterocycles. The van der Waals surface area contributed by atoms with Gasteiger partial charge in [-0.15, -0.1) is 12.3 Å². The number of ether oxygens (including phenoxy) is 1. The number of benzene rings is 2. The molecule has 192 valence electrons. The van der Waals surface area contributed by atoms with E-state index < -0.39 is 0 Å². The largest absolute Gasteiger partial charge is 0.491 e. The van der Waals surface area contributed by atoms with Crippen LogP contribution in [0.5, 0.6) is 5.75 Å². The van der Waals surface area contributed by atoms with E-state index in [-0.39, 0.29) is 12.4 Å². The average molecular weight is 539 g/mol. The minimum absolute atomic E-state index is 0.225. The molecule has 2 aromatic carbocycles. The predicted octanol–water partition coefficient (Wildman–Crippen LogP) is 7.85. The summed E-state index contributed by atoms with van der Waals surface area (Å²) >= 11 is 12.7. The van der Waals surface area contributed by atoms with E-state index >= 15 is 4.39 Å². The molecule has 1 aromatic heterocycles. The molecular weight excluding hydrogens is 510 g/mol. The van der Waals surface area contributed by atoms with Gasteiger partial charge in [0.1, 0.15) is 11.6 Å². The van der Waals surface area contributed by atoms with Crippen molar-refractivity contribution in [1.82, 2.24) is 9.66 Å². The number of hydrogen-bond acceptors (Lipinski definition) is 4. The second kappa shape index (κ2) is 11.9. The number of hydrogen-bond donors (Lipinski definition) is 1. The lowest BCUT2D eigenvalue weighted by molar-refractivity contribution is 0.272. The molecule has 1 heterocycles. The van der Waals surface area contributed by atoms with Crippen LogP contribution in [0.3, 0.4) is 0 Å². The van der Waals surface area contributed by atoms with Gasteiger partial charge in [-0.1, -0.05) is 55.3 Å². The first-order valence-corrected chi connectivity index (χ1v) is 12.9. The maximum absolute atomic E-state index is 15.3. The zero-order valence-electron chi connectivity index (χ0n) is 21.1. The van der Waals surface area contributed by atoms with E-state index in [0.29, 0.717) is 57.4 Å². The molecule has 1 aliphatic rings. The number of terminal acetylenes is 1. The number of halogens is 3.